The van der Waals surface area contributed by atoms with Crippen LogP contribution in [0, 0.1) is 0 Å². The number of anilines is 2. The number of halogens is 1. The van der Waals surface area contributed by atoms with Crippen LogP contribution >= 0.6 is 15.9 Å². The maximum absolute atomic E-state index is 9.00. The quantitative estimate of drug-likeness (QED) is 0.869. The molecule has 0 amide bonds. The van der Waals surface area contributed by atoms with Crippen molar-refractivity contribution in [1.82, 2.24) is 4.98 Å². The van der Waals surface area contributed by atoms with Gasteiger partial charge in [0.25, 0.3) is 0 Å². The highest BCUT2D eigenvalue weighted by molar-refractivity contribution is 9.10. The summed E-state index contributed by atoms with van der Waals surface area (Å²) in [7, 11) is 0. The van der Waals surface area contributed by atoms with E-state index in [1.54, 1.807) is 6.20 Å². The molecular formula is C10H14BrN3O. The fourth-order valence-corrected chi connectivity index (χ4v) is 1.99. The lowest BCUT2D eigenvalue weighted by molar-refractivity contribution is 0.301. The van der Waals surface area contributed by atoms with E-state index in [9.17, 15) is 0 Å². The van der Waals surface area contributed by atoms with E-state index in [-0.39, 0.29) is 6.61 Å². The molecule has 1 aliphatic rings. The number of aliphatic hydroxyl groups is 1. The zero-order valence-electron chi connectivity index (χ0n) is 8.36. The standard InChI is InChI=1S/C10H14BrN3O/c11-7-5-9(12)10(13-6-7)14(3-4-15)8-1-2-8/h5-6,8,15H,1-4,12H2. The number of hydrogen-bond acceptors (Lipinski definition) is 4. The van der Waals surface area contributed by atoms with Crippen molar-refractivity contribution in [3.05, 3.63) is 16.7 Å². The second-order valence-corrected chi connectivity index (χ2v) is 4.63. The van der Waals surface area contributed by atoms with Gasteiger partial charge in [-0.2, -0.15) is 0 Å². The number of nitrogen functional groups attached to an aromatic ring is 1. The van der Waals surface area contributed by atoms with Gasteiger partial charge in [0, 0.05) is 23.3 Å². The molecule has 0 spiro atoms. The monoisotopic (exact) mass is 271 g/mol. The van der Waals surface area contributed by atoms with Crippen LogP contribution in [0.3, 0.4) is 0 Å². The fourth-order valence-electron chi connectivity index (χ4n) is 1.64. The summed E-state index contributed by atoms with van der Waals surface area (Å²) in [5.41, 5.74) is 6.56. The number of aliphatic hydroxyl groups excluding tert-OH is 1. The Balaban J connectivity index is 2.24. The minimum atomic E-state index is 0.133. The Bertz CT molecular complexity index is 355. The highest BCUT2D eigenvalue weighted by Gasteiger charge is 2.30. The van der Waals surface area contributed by atoms with Gasteiger partial charge < -0.3 is 15.7 Å². The van der Waals surface area contributed by atoms with Crippen molar-refractivity contribution in [3.8, 4) is 0 Å². The smallest absolute Gasteiger partial charge is 0.152 e. The summed E-state index contributed by atoms with van der Waals surface area (Å²) in [6, 6.07) is 2.35. The lowest BCUT2D eigenvalue weighted by atomic mass is 10.3. The van der Waals surface area contributed by atoms with Crippen LogP contribution in [0.25, 0.3) is 0 Å². The SMILES string of the molecule is Nc1cc(Br)cnc1N(CCO)C1CC1. The van der Waals surface area contributed by atoms with E-state index in [1.165, 1.54) is 0 Å². The van der Waals surface area contributed by atoms with Gasteiger partial charge >= 0.3 is 0 Å². The molecule has 1 aliphatic carbocycles. The summed E-state index contributed by atoms with van der Waals surface area (Å²) in [6.07, 6.45) is 4.06. The second kappa shape index (κ2) is 4.37. The van der Waals surface area contributed by atoms with E-state index in [2.05, 4.69) is 25.8 Å². The van der Waals surface area contributed by atoms with Gasteiger partial charge in [0.15, 0.2) is 5.82 Å². The molecule has 0 radical (unpaired) electrons. The van der Waals surface area contributed by atoms with E-state index in [0.29, 0.717) is 18.3 Å². The minimum absolute atomic E-state index is 0.133. The van der Waals surface area contributed by atoms with Crippen LogP contribution in [0.2, 0.25) is 0 Å². The fraction of sp³-hybridized carbons (Fsp3) is 0.500. The molecule has 1 aromatic rings. The molecule has 1 fully saturated rings. The summed E-state index contributed by atoms with van der Waals surface area (Å²) < 4.78 is 0.878. The van der Waals surface area contributed by atoms with E-state index >= 15 is 0 Å². The third kappa shape index (κ3) is 2.41. The van der Waals surface area contributed by atoms with Gasteiger partial charge in [-0.1, -0.05) is 0 Å². The lowest BCUT2D eigenvalue weighted by Gasteiger charge is -2.23. The molecular weight excluding hydrogens is 258 g/mol. The van der Waals surface area contributed by atoms with Crippen molar-refractivity contribution in [1.29, 1.82) is 0 Å². The normalized spacial score (nSPS) is 15.3. The summed E-state index contributed by atoms with van der Waals surface area (Å²) in [4.78, 5) is 6.39. The average Bonchev–Trinajstić information content (AvgIpc) is 2.98. The van der Waals surface area contributed by atoms with Crippen molar-refractivity contribution in [3.63, 3.8) is 0 Å². The van der Waals surface area contributed by atoms with Gasteiger partial charge in [-0.3, -0.25) is 0 Å². The molecule has 82 valence electrons. The Morgan fingerprint density at radius 3 is 2.87 bits per heavy atom. The van der Waals surface area contributed by atoms with E-state index in [4.69, 9.17) is 10.8 Å². The van der Waals surface area contributed by atoms with Crippen LogP contribution in [0.15, 0.2) is 16.7 Å². The number of hydrogen-bond donors (Lipinski definition) is 2. The van der Waals surface area contributed by atoms with Crippen molar-refractivity contribution in [2.24, 2.45) is 0 Å². The van der Waals surface area contributed by atoms with Gasteiger partial charge in [-0.25, -0.2) is 4.98 Å². The molecule has 1 saturated carbocycles. The molecule has 15 heavy (non-hydrogen) atoms. The summed E-state index contributed by atoms with van der Waals surface area (Å²) in [6.45, 7) is 0.733. The first kappa shape index (κ1) is 10.7. The largest absolute Gasteiger partial charge is 0.396 e. The number of pyridine rings is 1. The summed E-state index contributed by atoms with van der Waals surface area (Å²) >= 11 is 3.33. The van der Waals surface area contributed by atoms with E-state index in [0.717, 1.165) is 23.1 Å². The molecule has 0 aliphatic heterocycles. The number of nitrogens with two attached hydrogens (primary N) is 1. The van der Waals surface area contributed by atoms with Gasteiger partial charge in [-0.05, 0) is 34.8 Å². The third-order valence-electron chi connectivity index (χ3n) is 2.46. The topological polar surface area (TPSA) is 62.4 Å². The Morgan fingerprint density at radius 1 is 1.60 bits per heavy atom. The molecule has 4 nitrogen and oxygen atoms in total. The molecule has 0 aromatic carbocycles. The minimum Gasteiger partial charge on any atom is -0.396 e. The Morgan fingerprint density at radius 2 is 2.33 bits per heavy atom. The molecule has 0 unspecified atom stereocenters. The molecule has 0 bridgehead atoms. The van der Waals surface area contributed by atoms with Crippen LogP contribution in [0.1, 0.15) is 12.8 Å². The molecule has 1 heterocycles. The molecule has 0 saturated heterocycles. The van der Waals surface area contributed by atoms with Gasteiger partial charge in [0.05, 0.1) is 12.3 Å². The van der Waals surface area contributed by atoms with Gasteiger partial charge in [-0.15, -0.1) is 0 Å². The van der Waals surface area contributed by atoms with Gasteiger partial charge in [0.1, 0.15) is 0 Å². The Labute approximate surface area is 97.2 Å². The predicted molar refractivity (Wildman–Crippen MR) is 63.8 cm³/mol. The molecule has 2 rings (SSSR count). The second-order valence-electron chi connectivity index (χ2n) is 3.71. The van der Waals surface area contributed by atoms with Crippen molar-refractivity contribution in [2.45, 2.75) is 18.9 Å². The van der Waals surface area contributed by atoms with E-state index < -0.39 is 0 Å². The molecule has 1 aromatic heterocycles. The highest BCUT2D eigenvalue weighted by Crippen LogP contribution is 2.33. The van der Waals surface area contributed by atoms with Crippen LogP contribution in [0.5, 0.6) is 0 Å². The molecule has 3 N–H and O–H groups in total. The van der Waals surface area contributed by atoms with Crippen LogP contribution in [-0.4, -0.2) is 29.3 Å². The molecule has 0 atom stereocenters. The maximum Gasteiger partial charge on any atom is 0.152 e. The number of rotatable bonds is 4. The van der Waals surface area contributed by atoms with Crippen molar-refractivity contribution in [2.75, 3.05) is 23.8 Å². The Hall–Kier alpha value is -0.810. The summed E-state index contributed by atoms with van der Waals surface area (Å²) in [5, 5.41) is 9.00. The number of nitrogens with zero attached hydrogens (tertiary/aromatic N) is 2. The van der Waals surface area contributed by atoms with Crippen LogP contribution < -0.4 is 10.6 Å². The van der Waals surface area contributed by atoms with Crippen molar-refractivity contribution < 1.29 is 5.11 Å². The first-order valence-electron chi connectivity index (χ1n) is 5.01. The maximum atomic E-state index is 9.00. The zero-order chi connectivity index (χ0) is 10.8. The third-order valence-corrected chi connectivity index (χ3v) is 2.90. The first-order valence-corrected chi connectivity index (χ1v) is 5.80. The van der Waals surface area contributed by atoms with E-state index in [1.807, 2.05) is 6.07 Å². The van der Waals surface area contributed by atoms with Crippen LogP contribution in [-0.2, 0) is 0 Å². The highest BCUT2D eigenvalue weighted by atomic mass is 79.9. The average molecular weight is 272 g/mol. The Kier molecular flexibility index (Phi) is 3.11. The van der Waals surface area contributed by atoms with Crippen LogP contribution in [0.4, 0.5) is 11.5 Å². The zero-order valence-corrected chi connectivity index (χ0v) is 9.94. The summed E-state index contributed by atoms with van der Waals surface area (Å²) in [5.74, 6) is 0.787. The first-order chi connectivity index (χ1) is 7.22. The van der Waals surface area contributed by atoms with Gasteiger partial charge in [0.2, 0.25) is 0 Å². The van der Waals surface area contributed by atoms with Crippen molar-refractivity contribution >= 4 is 27.4 Å². The predicted octanol–water partition coefficient (Wildman–Crippen LogP) is 1.39. The lowest BCUT2D eigenvalue weighted by Crippen LogP contribution is -2.30. The molecule has 5 heteroatoms. The number of aromatic nitrogens is 1.